The predicted octanol–water partition coefficient (Wildman–Crippen LogP) is 3.28. The zero-order valence-electron chi connectivity index (χ0n) is 13.0. The number of nitrogens with one attached hydrogen (secondary N) is 1. The standard InChI is InChI=1S/C17H12F2IN3O2/c1-25-16-12(18)6-11(7-13(16)19)14-8-20-9-15(22-14)23-17(24)10-2-4-21-5-3-10/h2-9H,1H3,(H,22,23,24). The summed E-state index contributed by atoms with van der Waals surface area (Å²) >= 11 is -0.546. The first-order valence-corrected chi connectivity index (χ1v) is 9.56. The Morgan fingerprint density at radius 3 is 2.52 bits per heavy atom. The molecule has 128 valence electrons. The number of ether oxygens (including phenoxy) is 1. The van der Waals surface area contributed by atoms with Gasteiger partial charge in [0, 0.05) is 27.5 Å². The summed E-state index contributed by atoms with van der Waals surface area (Å²) in [6, 6.07) is 5.49. The van der Waals surface area contributed by atoms with Crippen molar-refractivity contribution in [3.05, 3.63) is 63.5 Å². The molecule has 5 nitrogen and oxygen atoms in total. The third kappa shape index (κ3) is 3.95. The van der Waals surface area contributed by atoms with Gasteiger partial charge in [0.1, 0.15) is 5.84 Å². The lowest BCUT2D eigenvalue weighted by Crippen LogP contribution is -2.31. The molecular weight excluding hydrogens is 443 g/mol. The van der Waals surface area contributed by atoms with E-state index in [9.17, 15) is 13.6 Å². The second-order valence-electron chi connectivity index (χ2n) is 4.89. The van der Waals surface area contributed by atoms with Crippen LogP contribution in [0.15, 0.2) is 45.7 Å². The molecule has 25 heavy (non-hydrogen) atoms. The normalized spacial score (nSPS) is 13.4. The molecule has 1 N–H and O–H groups in total. The number of carbonyl (C=O) groups excluding carboxylic acids is 1. The maximum atomic E-state index is 13.9. The van der Waals surface area contributed by atoms with Crippen LogP contribution in [0, 0.1) is 11.6 Å². The number of methoxy groups -OCH3 is 1. The summed E-state index contributed by atoms with van der Waals surface area (Å²) in [5, 5.41) is 2.69. The molecule has 1 aromatic heterocycles. The Morgan fingerprint density at radius 2 is 1.88 bits per heavy atom. The molecule has 2 aromatic rings. The van der Waals surface area contributed by atoms with Gasteiger partial charge >= 0.3 is 0 Å². The molecule has 0 bridgehead atoms. The summed E-state index contributed by atoms with van der Waals surface area (Å²) in [6.45, 7) is 0. The molecule has 0 unspecified atom stereocenters. The van der Waals surface area contributed by atoms with Gasteiger partial charge in [0.15, 0.2) is 17.4 Å². The summed E-state index contributed by atoms with van der Waals surface area (Å²) in [5.41, 5.74) is 1.15. The number of aromatic nitrogens is 1. The van der Waals surface area contributed by atoms with Crippen LogP contribution in [0.25, 0.3) is 5.70 Å². The number of halogens is 3. The van der Waals surface area contributed by atoms with Crippen LogP contribution in [0.5, 0.6) is 5.75 Å². The maximum Gasteiger partial charge on any atom is 0.256 e. The average molecular weight is 455 g/mol. The van der Waals surface area contributed by atoms with Crippen LogP contribution in [0.2, 0.25) is 0 Å². The molecule has 1 aliphatic heterocycles. The molecule has 1 amide bonds. The minimum absolute atomic E-state index is 0.291. The largest absolute Gasteiger partial charge is 0.491 e. The topological polar surface area (TPSA) is 63.6 Å². The van der Waals surface area contributed by atoms with Crippen LogP contribution in [0.1, 0.15) is 15.9 Å². The van der Waals surface area contributed by atoms with E-state index in [1.54, 1.807) is 12.1 Å². The fourth-order valence-corrected chi connectivity index (χ4v) is 3.76. The summed E-state index contributed by atoms with van der Waals surface area (Å²) in [5.74, 6) is -2.00. The Balaban J connectivity index is 1.84. The van der Waals surface area contributed by atoms with E-state index in [4.69, 9.17) is 0 Å². The van der Waals surface area contributed by atoms with E-state index in [-0.39, 0.29) is 5.91 Å². The minimum Gasteiger partial charge on any atom is -0.491 e. The minimum atomic E-state index is -0.802. The molecule has 0 fully saturated rings. The van der Waals surface area contributed by atoms with Crippen molar-refractivity contribution >= 4 is 42.2 Å². The summed E-state index contributed by atoms with van der Waals surface area (Å²) in [6.07, 6.45) is 3.03. The average Bonchev–Trinajstić information content (AvgIpc) is 2.62. The van der Waals surface area contributed by atoms with Gasteiger partial charge in [0.25, 0.3) is 5.91 Å². The van der Waals surface area contributed by atoms with Crippen LogP contribution in [-0.2, 0) is 0 Å². The van der Waals surface area contributed by atoms with Crippen molar-refractivity contribution in [3.63, 3.8) is 0 Å². The first-order valence-electron chi connectivity index (χ1n) is 7.07. The van der Waals surface area contributed by atoms with E-state index < -0.39 is 38.1 Å². The Hall–Kier alpha value is -2.49. The number of hydrogen-bond donors (Lipinski definition) is 1. The zero-order chi connectivity index (χ0) is 17.8. The highest BCUT2D eigenvalue weighted by Gasteiger charge is 2.15. The van der Waals surface area contributed by atoms with Crippen molar-refractivity contribution in [2.75, 3.05) is 7.11 Å². The number of benzene rings is 1. The first kappa shape index (κ1) is 17.3. The fourth-order valence-electron chi connectivity index (χ4n) is 2.11. The molecule has 0 saturated heterocycles. The second-order valence-corrected chi connectivity index (χ2v) is 6.85. The van der Waals surface area contributed by atoms with Gasteiger partial charge in [-0.1, -0.05) is 20.7 Å². The van der Waals surface area contributed by atoms with E-state index in [1.807, 2.05) is 8.09 Å². The van der Waals surface area contributed by atoms with Crippen molar-refractivity contribution in [1.82, 2.24) is 10.3 Å². The number of nitrogens with zero attached hydrogens (tertiary/aromatic N) is 2. The van der Waals surface area contributed by atoms with E-state index in [2.05, 4.69) is 20.0 Å². The van der Waals surface area contributed by atoms with Gasteiger partial charge in [-0.15, -0.1) is 0 Å². The molecule has 1 aromatic carbocycles. The van der Waals surface area contributed by atoms with Gasteiger partial charge in [0.05, 0.1) is 12.8 Å². The summed E-state index contributed by atoms with van der Waals surface area (Å²) in [7, 11) is 1.20. The predicted molar refractivity (Wildman–Crippen MR) is 100 cm³/mol. The molecule has 0 radical (unpaired) electrons. The summed E-state index contributed by atoms with van der Waals surface area (Å²) < 4.78 is 36.1. The molecular formula is C17H12F2IN3O2. The van der Waals surface area contributed by atoms with Crippen molar-refractivity contribution < 1.29 is 18.3 Å². The second kappa shape index (κ2) is 7.60. The highest BCUT2D eigenvalue weighted by Crippen LogP contribution is 2.29. The number of hydrogen-bond acceptors (Lipinski definition) is 4. The third-order valence-electron chi connectivity index (χ3n) is 3.26. The highest BCUT2D eigenvalue weighted by molar-refractivity contribution is 14.2. The maximum absolute atomic E-state index is 13.9. The van der Waals surface area contributed by atoms with Crippen LogP contribution < -0.4 is 10.1 Å². The monoisotopic (exact) mass is 455 g/mol. The molecule has 2 heterocycles. The Morgan fingerprint density at radius 1 is 1.20 bits per heavy atom. The van der Waals surface area contributed by atoms with Crippen LogP contribution >= 0.6 is 20.7 Å². The quantitative estimate of drug-likeness (QED) is 0.723. The van der Waals surface area contributed by atoms with Crippen LogP contribution in [-0.4, -0.2) is 27.8 Å². The van der Waals surface area contributed by atoms with Gasteiger partial charge in [0.2, 0.25) is 0 Å². The molecule has 1 aliphatic rings. The van der Waals surface area contributed by atoms with E-state index >= 15 is 0 Å². The summed E-state index contributed by atoms with van der Waals surface area (Å²) in [4.78, 5) is 20.3. The number of amidine groups is 1. The highest BCUT2D eigenvalue weighted by atomic mass is 127. The molecule has 0 aliphatic carbocycles. The fraction of sp³-hybridized carbons (Fsp3) is 0.0588. The molecule has 8 heteroatoms. The van der Waals surface area contributed by atoms with Crippen molar-refractivity contribution in [2.24, 2.45) is 4.99 Å². The number of aliphatic imine (C=N–C) groups is 1. The Kier molecular flexibility index (Phi) is 5.27. The number of amides is 1. The van der Waals surface area contributed by atoms with Crippen LogP contribution in [0.3, 0.4) is 0 Å². The third-order valence-corrected chi connectivity index (χ3v) is 5.15. The first-order chi connectivity index (χ1) is 12.1. The molecule has 0 atom stereocenters. The number of rotatable bonds is 3. The van der Waals surface area contributed by atoms with Gasteiger partial charge in [-0.3, -0.25) is 9.78 Å². The van der Waals surface area contributed by atoms with Gasteiger partial charge < -0.3 is 10.1 Å². The van der Waals surface area contributed by atoms with Crippen LogP contribution in [0.4, 0.5) is 8.78 Å². The Labute approximate surface area is 152 Å². The zero-order valence-corrected chi connectivity index (χ0v) is 15.1. The lowest BCUT2D eigenvalue weighted by atomic mass is 10.1. The number of carbonyl (C=O) groups is 1. The van der Waals surface area contributed by atoms with Crippen molar-refractivity contribution in [3.8, 4) is 5.75 Å². The van der Waals surface area contributed by atoms with E-state index in [1.165, 1.54) is 19.5 Å². The smallest absolute Gasteiger partial charge is 0.256 e. The van der Waals surface area contributed by atoms with Gasteiger partial charge in [-0.2, -0.15) is 0 Å². The lowest BCUT2D eigenvalue weighted by Gasteiger charge is -2.11. The molecule has 3 rings (SSSR count). The lowest BCUT2D eigenvalue weighted by molar-refractivity contribution is 0.0977. The SMILES string of the molecule is COc1c(F)cc(C2=CI=CC(NC(=O)c3ccncc3)=N2)cc1F. The van der Waals surface area contributed by atoms with Gasteiger partial charge in [-0.25, -0.2) is 13.8 Å². The van der Waals surface area contributed by atoms with E-state index in [0.29, 0.717) is 22.7 Å². The van der Waals surface area contributed by atoms with Crippen molar-refractivity contribution in [1.29, 1.82) is 0 Å². The molecule has 0 spiro atoms. The Bertz CT molecular complexity index is 888. The number of pyridine rings is 1. The molecule has 0 saturated carbocycles. The van der Waals surface area contributed by atoms with Gasteiger partial charge in [-0.05, 0) is 28.3 Å². The van der Waals surface area contributed by atoms with Crippen molar-refractivity contribution in [2.45, 2.75) is 0 Å². The van der Waals surface area contributed by atoms with E-state index in [0.717, 1.165) is 12.1 Å².